The third-order valence-electron chi connectivity index (χ3n) is 15.9. The van der Waals surface area contributed by atoms with Crippen LogP contribution in [-0.4, -0.2) is 66.3 Å². The third-order valence-corrected chi connectivity index (χ3v) is 17.2. The highest BCUT2D eigenvalue weighted by atomic mass is 79.9. The summed E-state index contributed by atoms with van der Waals surface area (Å²) in [7, 11) is -0.327. The average molecular weight is 823 g/mol. The van der Waals surface area contributed by atoms with Crippen LogP contribution in [0.1, 0.15) is 148 Å². The van der Waals surface area contributed by atoms with Crippen LogP contribution in [0.2, 0.25) is 6.82 Å². The third kappa shape index (κ3) is 9.25. The van der Waals surface area contributed by atoms with Crippen LogP contribution in [0.4, 0.5) is 0 Å². The van der Waals surface area contributed by atoms with Crippen molar-refractivity contribution in [1.82, 2.24) is 10.5 Å². The summed E-state index contributed by atoms with van der Waals surface area (Å²) in [5.74, 6) is 2.93. The van der Waals surface area contributed by atoms with Gasteiger partial charge in [0, 0.05) is 15.9 Å². The summed E-state index contributed by atoms with van der Waals surface area (Å²) >= 11 is 8.33. The number of alkyl halides is 1. The summed E-state index contributed by atoms with van der Waals surface area (Å²) in [6.45, 7) is 1.82. The van der Waals surface area contributed by atoms with E-state index in [9.17, 15) is 19.4 Å². The predicted molar refractivity (Wildman–Crippen MR) is 213 cm³/mol. The maximum absolute atomic E-state index is 11.0. The zero-order chi connectivity index (χ0) is 38.2. The Morgan fingerprint density at radius 3 is 1.51 bits per heavy atom. The Kier molecular flexibility index (Phi) is 12.9. The van der Waals surface area contributed by atoms with Crippen molar-refractivity contribution in [2.75, 3.05) is 0 Å². The number of aliphatic carboxylic acids is 3. The number of nitrogens with two attached hydrogens (primary N) is 1. The second kappa shape index (κ2) is 16.6. The molecule has 10 aliphatic rings. The summed E-state index contributed by atoms with van der Waals surface area (Å²) in [6.07, 6.45) is 26.9. The Hall–Kier alpha value is -1.44. The molecule has 10 nitrogen and oxygen atoms in total. The molecule has 0 aromatic heterocycles. The van der Waals surface area contributed by atoms with E-state index in [0.29, 0.717) is 28.0 Å². The zero-order valence-corrected chi connectivity index (χ0v) is 34.2. The number of hydrogen-bond acceptors (Lipinski definition) is 6. The van der Waals surface area contributed by atoms with Crippen molar-refractivity contribution < 1.29 is 34.7 Å². The fraction of sp³-hybridized carbons (Fsp3) is 0.900. The number of thiocarbonyl (C=S) groups is 1. The van der Waals surface area contributed by atoms with Gasteiger partial charge in [0.1, 0.15) is 0 Å². The molecular formula is C40H65BBrN3O7S. The van der Waals surface area contributed by atoms with Crippen LogP contribution in [0.5, 0.6) is 0 Å². The first-order chi connectivity index (χ1) is 25.1. The molecule has 0 saturated heterocycles. The molecule has 53 heavy (non-hydrogen) atoms. The SMILES string of the molecule is CB(O)NC12CCC(CC1)C2.NC(=S)NC12CCC(CC1)C2.O=C(O)C12CCC(CC1)C2.O=C(O)C12CCC(CC1Br)C2.O=C(O)C1CC2CCC1C2. The molecule has 0 aliphatic heterocycles. The van der Waals surface area contributed by atoms with Gasteiger partial charge in [-0.3, -0.25) is 14.4 Å². The summed E-state index contributed by atoms with van der Waals surface area (Å²) in [5, 5.41) is 42.9. The minimum absolute atomic E-state index is 0.0127. The Balaban J connectivity index is 0.000000113. The first-order valence-electron chi connectivity index (χ1n) is 20.9. The predicted octanol–water partition coefficient (Wildman–Crippen LogP) is 7.35. The van der Waals surface area contributed by atoms with Crippen molar-refractivity contribution in [3.63, 3.8) is 0 Å². The molecule has 298 valence electrons. The minimum Gasteiger partial charge on any atom is -0.481 e. The van der Waals surface area contributed by atoms with Crippen molar-refractivity contribution in [2.24, 2.45) is 58.0 Å². The number of halogens is 1. The molecule has 10 fully saturated rings. The fourth-order valence-electron chi connectivity index (χ4n) is 13.0. The van der Waals surface area contributed by atoms with Gasteiger partial charge in [0.25, 0.3) is 0 Å². The molecule has 10 saturated carbocycles. The van der Waals surface area contributed by atoms with E-state index in [1.54, 1.807) is 0 Å². The van der Waals surface area contributed by atoms with E-state index in [1.807, 2.05) is 6.82 Å². The number of hydrogen-bond donors (Lipinski definition) is 7. The topological polar surface area (TPSA) is 182 Å². The lowest BCUT2D eigenvalue weighted by Crippen LogP contribution is -2.48. The largest absolute Gasteiger partial charge is 0.481 e. The van der Waals surface area contributed by atoms with Gasteiger partial charge in [-0.25, -0.2) is 0 Å². The lowest BCUT2D eigenvalue weighted by molar-refractivity contribution is -0.149. The number of rotatable bonds is 6. The van der Waals surface area contributed by atoms with Gasteiger partial charge in [-0.05, 0) is 196 Å². The molecule has 0 radical (unpaired) electrons. The maximum atomic E-state index is 11.0. The van der Waals surface area contributed by atoms with E-state index in [1.165, 1.54) is 83.5 Å². The molecule has 13 heteroatoms. The van der Waals surface area contributed by atoms with Crippen molar-refractivity contribution in [2.45, 2.75) is 170 Å². The van der Waals surface area contributed by atoms with Crippen LogP contribution in [0.15, 0.2) is 0 Å². The first kappa shape index (κ1) is 41.2. The monoisotopic (exact) mass is 821 g/mol. The molecule has 6 unspecified atom stereocenters. The molecule has 8 N–H and O–H groups in total. The van der Waals surface area contributed by atoms with Crippen LogP contribution >= 0.6 is 28.1 Å². The highest BCUT2D eigenvalue weighted by molar-refractivity contribution is 9.09. The number of carbonyl (C=O) groups is 3. The first-order valence-corrected chi connectivity index (χ1v) is 22.2. The smallest absolute Gasteiger partial charge is 0.374 e. The number of carboxylic acids is 3. The Morgan fingerprint density at radius 2 is 1.23 bits per heavy atom. The standard InChI is InChI=1S/C8H16BNO.C8H11BrO2.C8H14N2S.2C8H12O2/c1-9(11)10-8-4-2-7(6-8)3-5-8;9-6-3-5-1-2-8(6,4-5)7(10)11;9-7(11)10-8-3-1-6(5-8)2-4-8;9-7(10)8-3-1-6(5-8)2-4-8;9-8(10)7-4-5-1-2-6(7)3-5/h7,10-11H,2-6H2,1H3;5-6H,1-4H2,(H,10,11);6H,1-5H2,(H3,9,10,11);6H,1-5H2,(H,9,10);5-7H,1-4H2,(H,9,10). The zero-order valence-electron chi connectivity index (χ0n) is 31.8. The van der Waals surface area contributed by atoms with Crippen LogP contribution in [0.25, 0.3) is 0 Å². The summed E-state index contributed by atoms with van der Waals surface area (Å²) in [5.41, 5.74) is 5.45. The highest BCUT2D eigenvalue weighted by Gasteiger charge is 2.56. The van der Waals surface area contributed by atoms with Gasteiger partial charge in [-0.15, -0.1) is 0 Å². The van der Waals surface area contributed by atoms with Crippen molar-refractivity contribution >= 4 is 58.2 Å². The van der Waals surface area contributed by atoms with E-state index >= 15 is 0 Å². The highest BCUT2D eigenvalue weighted by Crippen LogP contribution is 2.57. The minimum atomic E-state index is -0.598. The summed E-state index contributed by atoms with van der Waals surface area (Å²) in [6, 6.07) is 0. The Bertz CT molecular complexity index is 1350. The Labute approximate surface area is 330 Å². The summed E-state index contributed by atoms with van der Waals surface area (Å²) < 4.78 is 0. The Morgan fingerprint density at radius 1 is 0.679 bits per heavy atom. The van der Waals surface area contributed by atoms with Gasteiger partial charge in [-0.1, -0.05) is 22.4 Å². The molecule has 10 aliphatic carbocycles. The van der Waals surface area contributed by atoms with Gasteiger partial charge in [0.2, 0.25) is 0 Å². The molecule has 0 spiro atoms. The number of nitrogens with one attached hydrogen (secondary N) is 2. The maximum Gasteiger partial charge on any atom is 0.374 e. The van der Waals surface area contributed by atoms with Crippen LogP contribution < -0.4 is 16.3 Å². The lowest BCUT2D eigenvalue weighted by atomic mass is 9.81. The fourth-order valence-corrected chi connectivity index (χ4v) is 14.4. The van der Waals surface area contributed by atoms with Gasteiger partial charge < -0.3 is 36.6 Å². The van der Waals surface area contributed by atoms with E-state index in [0.717, 1.165) is 87.9 Å². The second-order valence-corrected chi connectivity index (χ2v) is 20.8. The molecule has 0 heterocycles. The van der Waals surface area contributed by atoms with E-state index in [2.05, 4.69) is 26.5 Å². The number of fused-ring (bicyclic) bond motifs is 10. The van der Waals surface area contributed by atoms with Crippen molar-refractivity contribution in [3.8, 4) is 0 Å². The molecular weight excluding hydrogens is 757 g/mol. The van der Waals surface area contributed by atoms with E-state index in [-0.39, 0.29) is 23.2 Å². The normalized spacial score (nSPS) is 43.8. The van der Waals surface area contributed by atoms with Gasteiger partial charge in [0.05, 0.1) is 16.7 Å². The molecule has 0 aromatic carbocycles. The summed E-state index contributed by atoms with van der Waals surface area (Å²) in [4.78, 5) is 32.6. The second-order valence-electron chi connectivity index (χ2n) is 19.3. The molecule has 6 atom stereocenters. The van der Waals surface area contributed by atoms with Crippen LogP contribution in [-0.2, 0) is 14.4 Å². The van der Waals surface area contributed by atoms with E-state index in [4.69, 9.17) is 33.3 Å². The van der Waals surface area contributed by atoms with Gasteiger partial charge >= 0.3 is 25.0 Å². The molecule has 10 rings (SSSR count). The molecule has 0 amide bonds. The average Bonchev–Trinajstić information content (AvgIpc) is 3.95. The van der Waals surface area contributed by atoms with E-state index < -0.39 is 23.3 Å². The van der Waals surface area contributed by atoms with Crippen molar-refractivity contribution in [3.05, 3.63) is 0 Å². The van der Waals surface area contributed by atoms with Crippen molar-refractivity contribution in [1.29, 1.82) is 0 Å². The quantitative estimate of drug-likeness (QED) is 0.0808. The number of carboxylic acid groups (broad SMARTS) is 3. The van der Waals surface area contributed by atoms with Crippen LogP contribution in [0.3, 0.4) is 0 Å². The molecule has 0 aromatic rings. The van der Waals surface area contributed by atoms with Crippen LogP contribution in [0, 0.1) is 52.3 Å². The molecule has 10 bridgehead atoms. The van der Waals surface area contributed by atoms with Gasteiger partial charge in [-0.2, -0.15) is 0 Å². The lowest BCUT2D eigenvalue weighted by Gasteiger charge is -2.28. The van der Waals surface area contributed by atoms with Gasteiger partial charge in [0.15, 0.2) is 5.11 Å².